The summed E-state index contributed by atoms with van der Waals surface area (Å²) in [7, 11) is 0. The molecule has 5 heteroatoms. The number of halogens is 3. The Bertz CT molecular complexity index is 528. The van der Waals surface area contributed by atoms with E-state index in [2.05, 4.69) is 4.98 Å². The zero-order chi connectivity index (χ0) is 13.3. The number of benzene rings is 1. The maximum absolute atomic E-state index is 13.0. The SMILES string of the molecule is CC(C)c1ccc(-n2ccnc2)c(C(F)(F)F)c1. The molecule has 0 spiro atoms. The molecule has 2 nitrogen and oxygen atoms in total. The Balaban J connectivity index is 2.60. The van der Waals surface area contributed by atoms with Crippen LogP contribution in [0.15, 0.2) is 36.9 Å². The number of imidazole rings is 1. The molecule has 0 saturated carbocycles. The van der Waals surface area contributed by atoms with Crippen LogP contribution in [0.5, 0.6) is 0 Å². The van der Waals surface area contributed by atoms with Gasteiger partial charge >= 0.3 is 6.18 Å². The van der Waals surface area contributed by atoms with Gasteiger partial charge in [-0.05, 0) is 23.6 Å². The molecule has 2 aromatic rings. The van der Waals surface area contributed by atoms with Crippen molar-refractivity contribution < 1.29 is 13.2 Å². The summed E-state index contributed by atoms with van der Waals surface area (Å²) in [4.78, 5) is 3.77. The maximum Gasteiger partial charge on any atom is 0.418 e. The lowest BCUT2D eigenvalue weighted by Crippen LogP contribution is -2.11. The number of aromatic nitrogens is 2. The number of hydrogen-bond acceptors (Lipinski definition) is 1. The third-order valence-electron chi connectivity index (χ3n) is 2.78. The number of hydrogen-bond donors (Lipinski definition) is 0. The number of nitrogens with zero attached hydrogens (tertiary/aromatic N) is 2. The maximum atomic E-state index is 13.0. The van der Waals surface area contributed by atoms with Crippen LogP contribution in [0.3, 0.4) is 0 Å². The van der Waals surface area contributed by atoms with Gasteiger partial charge in [-0.15, -0.1) is 0 Å². The second-order valence-corrected chi connectivity index (χ2v) is 4.40. The highest BCUT2D eigenvalue weighted by molar-refractivity contribution is 5.46. The molecule has 1 aromatic heterocycles. The van der Waals surface area contributed by atoms with E-state index >= 15 is 0 Å². The molecule has 0 fully saturated rings. The van der Waals surface area contributed by atoms with Crippen LogP contribution in [0.2, 0.25) is 0 Å². The fourth-order valence-electron chi connectivity index (χ4n) is 1.77. The molecule has 18 heavy (non-hydrogen) atoms. The highest BCUT2D eigenvalue weighted by Gasteiger charge is 2.34. The molecule has 0 radical (unpaired) electrons. The van der Waals surface area contributed by atoms with Gasteiger partial charge in [0.2, 0.25) is 0 Å². The molecular formula is C13H13F3N2. The van der Waals surface area contributed by atoms with Crippen molar-refractivity contribution in [2.24, 2.45) is 0 Å². The Labute approximate surface area is 103 Å². The minimum atomic E-state index is -4.37. The van der Waals surface area contributed by atoms with Crippen molar-refractivity contribution in [3.8, 4) is 5.69 Å². The molecule has 0 saturated heterocycles. The zero-order valence-electron chi connectivity index (χ0n) is 10.1. The molecular weight excluding hydrogens is 241 g/mol. The standard InChI is InChI=1S/C13H13F3N2/c1-9(2)10-3-4-12(18-6-5-17-8-18)11(7-10)13(14,15)16/h3-9H,1-2H3. The summed E-state index contributed by atoms with van der Waals surface area (Å²) in [6.07, 6.45) is -0.0553. The van der Waals surface area contributed by atoms with Crippen LogP contribution in [-0.4, -0.2) is 9.55 Å². The lowest BCUT2D eigenvalue weighted by atomic mass is 9.99. The average Bonchev–Trinajstić information content (AvgIpc) is 2.80. The van der Waals surface area contributed by atoms with Crippen LogP contribution < -0.4 is 0 Å². The average molecular weight is 254 g/mol. The lowest BCUT2D eigenvalue weighted by Gasteiger charge is -2.16. The molecule has 96 valence electrons. The Kier molecular flexibility index (Phi) is 3.15. The monoisotopic (exact) mass is 254 g/mol. The lowest BCUT2D eigenvalue weighted by molar-refractivity contribution is -0.137. The second-order valence-electron chi connectivity index (χ2n) is 4.40. The van der Waals surface area contributed by atoms with E-state index in [1.165, 1.54) is 35.4 Å². The Morgan fingerprint density at radius 1 is 1.22 bits per heavy atom. The van der Waals surface area contributed by atoms with E-state index in [1.54, 1.807) is 6.07 Å². The number of rotatable bonds is 2. The van der Waals surface area contributed by atoms with Crippen LogP contribution >= 0.6 is 0 Å². The zero-order valence-corrected chi connectivity index (χ0v) is 10.1. The van der Waals surface area contributed by atoms with Crippen molar-refractivity contribution in [2.75, 3.05) is 0 Å². The van der Waals surface area contributed by atoms with Gasteiger partial charge in [0.05, 0.1) is 17.6 Å². The number of alkyl halides is 3. The molecule has 0 unspecified atom stereocenters. The van der Waals surface area contributed by atoms with Crippen molar-refractivity contribution >= 4 is 0 Å². The van der Waals surface area contributed by atoms with Crippen LogP contribution in [0.25, 0.3) is 5.69 Å². The summed E-state index contributed by atoms with van der Waals surface area (Å²) in [5.74, 6) is 0.0583. The van der Waals surface area contributed by atoms with E-state index < -0.39 is 11.7 Å². The largest absolute Gasteiger partial charge is 0.418 e. The van der Waals surface area contributed by atoms with Crippen molar-refractivity contribution in [1.29, 1.82) is 0 Å². The summed E-state index contributed by atoms with van der Waals surface area (Å²) >= 11 is 0. The summed E-state index contributed by atoms with van der Waals surface area (Å²) in [5, 5.41) is 0. The molecule has 0 aliphatic rings. The van der Waals surface area contributed by atoms with E-state index in [4.69, 9.17) is 0 Å². The summed E-state index contributed by atoms with van der Waals surface area (Å²) in [6.45, 7) is 3.73. The first-order valence-electron chi connectivity index (χ1n) is 5.59. The fraction of sp³-hybridized carbons (Fsp3) is 0.308. The molecule has 0 aliphatic carbocycles. The van der Waals surface area contributed by atoms with Crippen LogP contribution in [0, 0.1) is 0 Å². The fourth-order valence-corrected chi connectivity index (χ4v) is 1.77. The van der Waals surface area contributed by atoms with Gasteiger partial charge < -0.3 is 4.57 Å². The third kappa shape index (κ3) is 2.39. The highest BCUT2D eigenvalue weighted by atomic mass is 19.4. The molecule has 0 atom stereocenters. The normalized spacial score (nSPS) is 12.1. The van der Waals surface area contributed by atoms with Gasteiger partial charge in [-0.25, -0.2) is 4.98 Å². The van der Waals surface area contributed by atoms with Crippen LogP contribution in [-0.2, 0) is 6.18 Å². The van der Waals surface area contributed by atoms with E-state index in [0.29, 0.717) is 5.56 Å². The molecule has 0 bridgehead atoms. The van der Waals surface area contributed by atoms with Gasteiger partial charge in [0.15, 0.2) is 0 Å². The minimum Gasteiger partial charge on any atom is -0.306 e. The van der Waals surface area contributed by atoms with Gasteiger partial charge in [-0.3, -0.25) is 0 Å². The predicted molar refractivity (Wildman–Crippen MR) is 62.7 cm³/mol. The summed E-state index contributed by atoms with van der Waals surface area (Å²) in [5.41, 5.74) is 0.141. The Hall–Kier alpha value is -1.78. The van der Waals surface area contributed by atoms with E-state index in [-0.39, 0.29) is 11.6 Å². The summed E-state index contributed by atoms with van der Waals surface area (Å²) < 4.78 is 40.5. The first-order chi connectivity index (χ1) is 8.39. The van der Waals surface area contributed by atoms with Crippen LogP contribution in [0.4, 0.5) is 13.2 Å². The predicted octanol–water partition coefficient (Wildman–Crippen LogP) is 4.01. The molecule has 1 aromatic carbocycles. The third-order valence-corrected chi connectivity index (χ3v) is 2.78. The highest BCUT2D eigenvalue weighted by Crippen LogP contribution is 2.35. The summed E-state index contributed by atoms with van der Waals surface area (Å²) in [6, 6.07) is 4.41. The van der Waals surface area contributed by atoms with Crippen LogP contribution in [0.1, 0.15) is 30.9 Å². The van der Waals surface area contributed by atoms with Gasteiger partial charge in [-0.1, -0.05) is 19.9 Å². The smallest absolute Gasteiger partial charge is 0.306 e. The molecule has 0 amide bonds. The molecule has 1 heterocycles. The first kappa shape index (κ1) is 12.7. The molecule has 0 N–H and O–H groups in total. The van der Waals surface area contributed by atoms with Crippen molar-refractivity contribution in [3.63, 3.8) is 0 Å². The van der Waals surface area contributed by atoms with Gasteiger partial charge in [-0.2, -0.15) is 13.2 Å². The van der Waals surface area contributed by atoms with Gasteiger partial charge in [0.25, 0.3) is 0 Å². The Morgan fingerprint density at radius 2 is 1.94 bits per heavy atom. The van der Waals surface area contributed by atoms with Gasteiger partial charge in [0, 0.05) is 12.4 Å². The van der Waals surface area contributed by atoms with E-state index in [9.17, 15) is 13.2 Å². The van der Waals surface area contributed by atoms with Crippen molar-refractivity contribution in [1.82, 2.24) is 9.55 Å². The Morgan fingerprint density at radius 3 is 2.44 bits per heavy atom. The van der Waals surface area contributed by atoms with E-state index in [0.717, 1.165) is 0 Å². The minimum absolute atomic E-state index is 0.0583. The quantitative estimate of drug-likeness (QED) is 0.791. The molecule has 2 rings (SSSR count). The topological polar surface area (TPSA) is 17.8 Å². The molecule has 0 aliphatic heterocycles. The van der Waals surface area contributed by atoms with Crippen molar-refractivity contribution in [3.05, 3.63) is 48.0 Å². The van der Waals surface area contributed by atoms with Crippen molar-refractivity contribution in [2.45, 2.75) is 25.9 Å². The van der Waals surface area contributed by atoms with E-state index in [1.807, 2.05) is 13.8 Å². The van der Waals surface area contributed by atoms with Gasteiger partial charge in [0.1, 0.15) is 0 Å². The second kappa shape index (κ2) is 4.48. The first-order valence-corrected chi connectivity index (χ1v) is 5.59.